The van der Waals surface area contributed by atoms with E-state index in [1.54, 1.807) is 0 Å². The summed E-state index contributed by atoms with van der Waals surface area (Å²) >= 11 is 0. The van der Waals surface area contributed by atoms with E-state index in [0.29, 0.717) is 6.04 Å². The lowest BCUT2D eigenvalue weighted by Gasteiger charge is -2.47. The average Bonchev–Trinajstić information content (AvgIpc) is 2.73. The second kappa shape index (κ2) is 5.02. The van der Waals surface area contributed by atoms with E-state index in [4.69, 9.17) is 0 Å². The zero-order valence-corrected chi connectivity index (χ0v) is 11.5. The zero-order chi connectivity index (χ0) is 12.5. The first-order chi connectivity index (χ1) is 8.74. The third-order valence-corrected chi connectivity index (χ3v) is 4.81. The molecule has 0 aromatic carbocycles. The third kappa shape index (κ3) is 2.31. The largest absolute Gasteiger partial charge is 0.337 e. The summed E-state index contributed by atoms with van der Waals surface area (Å²) in [6, 6.07) is 2.28. The fourth-order valence-electron chi connectivity index (χ4n) is 3.58. The second-order valence-corrected chi connectivity index (χ2v) is 5.91. The van der Waals surface area contributed by atoms with Crippen molar-refractivity contribution in [1.82, 2.24) is 19.8 Å². The summed E-state index contributed by atoms with van der Waals surface area (Å²) in [6.07, 6.45) is 10.7. The van der Waals surface area contributed by atoms with Crippen molar-refractivity contribution in [2.24, 2.45) is 7.05 Å². The quantitative estimate of drug-likeness (QED) is 0.880. The molecule has 0 aliphatic carbocycles. The first kappa shape index (κ1) is 12.2. The maximum atomic E-state index is 4.38. The molecule has 3 heterocycles. The van der Waals surface area contributed by atoms with E-state index < -0.39 is 0 Å². The summed E-state index contributed by atoms with van der Waals surface area (Å²) in [6.45, 7) is 0.900. The van der Waals surface area contributed by atoms with Gasteiger partial charge in [-0.15, -0.1) is 0 Å². The molecular weight excluding hydrogens is 224 g/mol. The Morgan fingerprint density at radius 2 is 2.00 bits per heavy atom. The van der Waals surface area contributed by atoms with E-state index in [-0.39, 0.29) is 0 Å². The zero-order valence-electron chi connectivity index (χ0n) is 11.5. The summed E-state index contributed by atoms with van der Waals surface area (Å²) in [7, 11) is 4.37. The molecule has 4 heteroatoms. The van der Waals surface area contributed by atoms with Crippen LogP contribution in [-0.4, -0.2) is 39.6 Å². The molecule has 2 bridgehead atoms. The minimum atomic E-state index is 0.674. The maximum Gasteiger partial charge on any atom is 0.122 e. The Balaban J connectivity index is 1.57. The lowest BCUT2D eigenvalue weighted by molar-refractivity contribution is 0.0480. The number of nitrogens with one attached hydrogen (secondary N) is 1. The normalized spacial score (nSPS) is 32.7. The van der Waals surface area contributed by atoms with Crippen LogP contribution in [-0.2, 0) is 13.6 Å². The smallest absolute Gasteiger partial charge is 0.122 e. The lowest BCUT2D eigenvalue weighted by Crippen LogP contribution is -2.54. The van der Waals surface area contributed by atoms with Crippen LogP contribution in [0.2, 0.25) is 0 Å². The SMILES string of the molecule is CN1C2CCCC1CC(NCc1nccn1C)C2. The second-order valence-electron chi connectivity index (χ2n) is 5.91. The predicted octanol–water partition coefficient (Wildman–Crippen LogP) is 1.52. The van der Waals surface area contributed by atoms with Crippen LogP contribution >= 0.6 is 0 Å². The van der Waals surface area contributed by atoms with Gasteiger partial charge in [0.1, 0.15) is 5.82 Å². The van der Waals surface area contributed by atoms with E-state index >= 15 is 0 Å². The number of rotatable bonds is 3. The van der Waals surface area contributed by atoms with Crippen molar-refractivity contribution in [2.45, 2.75) is 56.8 Å². The fourth-order valence-corrected chi connectivity index (χ4v) is 3.58. The fraction of sp³-hybridized carbons (Fsp3) is 0.786. The number of fused-ring (bicyclic) bond motifs is 2. The van der Waals surface area contributed by atoms with Crippen molar-refractivity contribution in [2.75, 3.05) is 7.05 Å². The van der Waals surface area contributed by atoms with Gasteiger partial charge in [-0.3, -0.25) is 0 Å². The van der Waals surface area contributed by atoms with Crippen molar-refractivity contribution < 1.29 is 0 Å². The van der Waals surface area contributed by atoms with Gasteiger partial charge >= 0.3 is 0 Å². The topological polar surface area (TPSA) is 33.1 Å². The van der Waals surface area contributed by atoms with E-state index in [1.807, 2.05) is 12.4 Å². The molecule has 1 aromatic rings. The Labute approximate surface area is 109 Å². The minimum Gasteiger partial charge on any atom is -0.337 e. The van der Waals surface area contributed by atoms with Crippen molar-refractivity contribution in [1.29, 1.82) is 0 Å². The molecule has 100 valence electrons. The highest BCUT2D eigenvalue weighted by Gasteiger charge is 2.35. The third-order valence-electron chi connectivity index (χ3n) is 4.81. The number of nitrogens with zero attached hydrogens (tertiary/aromatic N) is 3. The number of aryl methyl sites for hydroxylation is 1. The Bertz CT molecular complexity index is 386. The predicted molar refractivity (Wildman–Crippen MR) is 72.3 cm³/mol. The van der Waals surface area contributed by atoms with E-state index in [1.165, 1.54) is 32.1 Å². The van der Waals surface area contributed by atoms with Crippen LogP contribution in [0.15, 0.2) is 12.4 Å². The van der Waals surface area contributed by atoms with Gasteiger partial charge in [-0.2, -0.15) is 0 Å². The first-order valence-corrected chi connectivity index (χ1v) is 7.15. The molecule has 1 aromatic heterocycles. The van der Waals surface area contributed by atoms with Crippen LogP contribution in [0.1, 0.15) is 37.9 Å². The molecule has 0 saturated carbocycles. The highest BCUT2D eigenvalue weighted by molar-refractivity contribution is 4.96. The van der Waals surface area contributed by atoms with E-state index in [2.05, 4.69) is 33.9 Å². The molecule has 0 amide bonds. The molecule has 3 rings (SSSR count). The van der Waals surface area contributed by atoms with E-state index in [9.17, 15) is 0 Å². The highest BCUT2D eigenvalue weighted by atomic mass is 15.2. The first-order valence-electron chi connectivity index (χ1n) is 7.15. The van der Waals surface area contributed by atoms with Gasteiger partial charge < -0.3 is 14.8 Å². The number of hydrogen-bond donors (Lipinski definition) is 1. The minimum absolute atomic E-state index is 0.674. The Morgan fingerprint density at radius 1 is 1.28 bits per heavy atom. The van der Waals surface area contributed by atoms with Crippen molar-refractivity contribution >= 4 is 0 Å². The molecule has 2 atom stereocenters. The molecule has 2 aliphatic heterocycles. The van der Waals surface area contributed by atoms with Crippen molar-refractivity contribution in [3.63, 3.8) is 0 Å². The van der Waals surface area contributed by atoms with Gasteiger partial charge in [-0.1, -0.05) is 6.42 Å². The average molecular weight is 248 g/mol. The van der Waals surface area contributed by atoms with Crippen LogP contribution < -0.4 is 5.32 Å². The van der Waals surface area contributed by atoms with Gasteiger partial charge in [0, 0.05) is 37.6 Å². The van der Waals surface area contributed by atoms with Gasteiger partial charge in [-0.25, -0.2) is 4.98 Å². The molecule has 0 spiro atoms. The molecule has 4 nitrogen and oxygen atoms in total. The van der Waals surface area contributed by atoms with Gasteiger partial charge in [0.25, 0.3) is 0 Å². The molecule has 2 fully saturated rings. The molecule has 2 unspecified atom stereocenters. The lowest BCUT2D eigenvalue weighted by atomic mass is 9.82. The van der Waals surface area contributed by atoms with Gasteiger partial charge in [-0.05, 0) is 32.7 Å². The van der Waals surface area contributed by atoms with Gasteiger partial charge in [0.05, 0.1) is 6.54 Å². The molecule has 2 aliphatic rings. The summed E-state index contributed by atoms with van der Waals surface area (Å²) in [5.74, 6) is 1.14. The van der Waals surface area contributed by atoms with Gasteiger partial charge in [0.2, 0.25) is 0 Å². The summed E-state index contributed by atoms with van der Waals surface area (Å²) in [5.41, 5.74) is 0. The Morgan fingerprint density at radius 3 is 2.61 bits per heavy atom. The highest BCUT2D eigenvalue weighted by Crippen LogP contribution is 2.32. The number of imidazole rings is 1. The monoisotopic (exact) mass is 248 g/mol. The standard InChI is InChI=1S/C14H24N4/c1-17-7-6-15-14(17)10-16-11-8-12-4-3-5-13(9-11)18(12)2/h6-7,11-13,16H,3-5,8-10H2,1-2H3. The van der Waals surface area contributed by atoms with Gasteiger partial charge in [0.15, 0.2) is 0 Å². The van der Waals surface area contributed by atoms with Crippen LogP contribution in [0.4, 0.5) is 0 Å². The number of piperidine rings is 2. The molecular formula is C14H24N4. The van der Waals surface area contributed by atoms with Crippen molar-refractivity contribution in [3.8, 4) is 0 Å². The summed E-state index contributed by atoms with van der Waals surface area (Å²) < 4.78 is 2.10. The molecule has 1 N–H and O–H groups in total. The van der Waals surface area contributed by atoms with Crippen LogP contribution in [0.5, 0.6) is 0 Å². The van der Waals surface area contributed by atoms with Crippen LogP contribution in [0, 0.1) is 0 Å². The number of aromatic nitrogens is 2. The van der Waals surface area contributed by atoms with E-state index in [0.717, 1.165) is 24.5 Å². The molecule has 0 radical (unpaired) electrons. The van der Waals surface area contributed by atoms with Crippen molar-refractivity contribution in [3.05, 3.63) is 18.2 Å². The Kier molecular flexibility index (Phi) is 3.39. The molecule has 2 saturated heterocycles. The summed E-state index contributed by atoms with van der Waals surface area (Å²) in [5, 5.41) is 3.70. The van der Waals surface area contributed by atoms with Crippen LogP contribution in [0.3, 0.4) is 0 Å². The number of hydrogen-bond acceptors (Lipinski definition) is 3. The maximum absolute atomic E-state index is 4.38. The Hall–Kier alpha value is -0.870. The summed E-state index contributed by atoms with van der Waals surface area (Å²) in [4.78, 5) is 6.99. The van der Waals surface area contributed by atoms with Crippen LogP contribution in [0.25, 0.3) is 0 Å². The molecule has 18 heavy (non-hydrogen) atoms.